The third-order valence-corrected chi connectivity index (χ3v) is 4.74. The number of rotatable bonds is 1. The topological polar surface area (TPSA) is 41.6 Å². The summed E-state index contributed by atoms with van der Waals surface area (Å²) in [5.41, 5.74) is 0.352. The maximum Gasteiger partial charge on any atom is 0.251 e. The second-order valence-electron chi connectivity index (χ2n) is 6.15. The number of ether oxygens (including phenoxy) is 1. The number of nitrogens with one attached hydrogen (secondary N) is 1. The molecule has 3 heterocycles. The van der Waals surface area contributed by atoms with E-state index in [2.05, 4.69) is 10.2 Å². The molecule has 4 heteroatoms. The lowest BCUT2D eigenvalue weighted by molar-refractivity contribution is -0.144. The molecule has 4 nitrogen and oxygen atoms in total. The molecule has 0 aromatic carbocycles. The van der Waals surface area contributed by atoms with Crippen molar-refractivity contribution in [3.8, 4) is 0 Å². The number of piperidine rings is 2. The zero-order chi connectivity index (χ0) is 12.4. The highest BCUT2D eigenvalue weighted by Gasteiger charge is 2.40. The minimum absolute atomic E-state index is 0.142. The van der Waals surface area contributed by atoms with E-state index < -0.39 is 0 Å². The Kier molecular flexibility index (Phi) is 3.57. The van der Waals surface area contributed by atoms with Gasteiger partial charge in [0, 0.05) is 31.7 Å². The van der Waals surface area contributed by atoms with Gasteiger partial charge in [0.05, 0.1) is 0 Å². The maximum atomic E-state index is 12.4. The Bertz CT molecular complexity index is 301. The number of hydrogen-bond acceptors (Lipinski definition) is 3. The predicted molar refractivity (Wildman–Crippen MR) is 69.3 cm³/mol. The average Bonchev–Trinajstić information content (AvgIpc) is 2.93. The molecule has 102 valence electrons. The van der Waals surface area contributed by atoms with E-state index in [1.54, 1.807) is 0 Å². The fraction of sp³-hybridized carbons (Fsp3) is 0.929. The first-order valence-electron chi connectivity index (χ1n) is 7.40. The molecule has 0 unspecified atom stereocenters. The predicted octanol–water partition coefficient (Wildman–Crippen LogP) is 1.16. The summed E-state index contributed by atoms with van der Waals surface area (Å²) in [6, 6.07) is 0. The van der Waals surface area contributed by atoms with Crippen molar-refractivity contribution < 1.29 is 9.53 Å². The van der Waals surface area contributed by atoms with Crippen molar-refractivity contribution in [2.45, 2.75) is 44.6 Å². The van der Waals surface area contributed by atoms with Gasteiger partial charge in [-0.25, -0.2) is 0 Å². The Morgan fingerprint density at radius 1 is 1.28 bits per heavy atom. The highest BCUT2D eigenvalue weighted by molar-refractivity contribution is 5.81. The minimum atomic E-state index is -0.142. The van der Waals surface area contributed by atoms with Gasteiger partial charge in [-0.3, -0.25) is 4.79 Å². The fourth-order valence-corrected chi connectivity index (χ4v) is 3.75. The van der Waals surface area contributed by atoms with Crippen molar-refractivity contribution in [1.82, 2.24) is 10.2 Å². The summed E-state index contributed by atoms with van der Waals surface area (Å²) in [5, 5.41) is 3.51. The van der Waals surface area contributed by atoms with Crippen LogP contribution in [0.2, 0.25) is 0 Å². The van der Waals surface area contributed by atoms with Crippen molar-refractivity contribution in [2.75, 3.05) is 32.8 Å². The molecule has 0 aromatic heterocycles. The Hall–Kier alpha value is -0.610. The lowest BCUT2D eigenvalue weighted by atomic mass is 9.74. The zero-order valence-corrected chi connectivity index (χ0v) is 11.1. The molecule has 3 rings (SSSR count). The molecule has 0 aliphatic carbocycles. The lowest BCUT2D eigenvalue weighted by Gasteiger charge is -2.45. The molecular formula is C14H24N2O2. The molecule has 0 bridgehead atoms. The van der Waals surface area contributed by atoms with Gasteiger partial charge in [0.1, 0.15) is 6.10 Å². The first-order chi connectivity index (χ1) is 8.79. The SMILES string of the molecule is O=C([C@@H]1CCCO1)N1CCC[C@]2(CCCNC2)C1. The van der Waals surface area contributed by atoms with E-state index in [1.165, 1.54) is 19.3 Å². The Labute approximate surface area is 109 Å². The Morgan fingerprint density at radius 2 is 2.17 bits per heavy atom. The standard InChI is InChI=1S/C14H24N2O2/c17-13(12-4-1-9-18-12)16-8-3-6-14(11-16)5-2-7-15-10-14/h12,15H,1-11H2/t12-,14-/m0/s1. The molecule has 18 heavy (non-hydrogen) atoms. The highest BCUT2D eigenvalue weighted by Crippen LogP contribution is 2.36. The summed E-state index contributed by atoms with van der Waals surface area (Å²) < 4.78 is 5.54. The van der Waals surface area contributed by atoms with Crippen molar-refractivity contribution in [2.24, 2.45) is 5.41 Å². The second kappa shape index (κ2) is 5.17. The number of likely N-dealkylation sites (tertiary alicyclic amines) is 1. The van der Waals surface area contributed by atoms with Gasteiger partial charge in [0.2, 0.25) is 0 Å². The van der Waals surface area contributed by atoms with Crippen molar-refractivity contribution in [1.29, 1.82) is 0 Å². The van der Waals surface area contributed by atoms with Gasteiger partial charge in [0.25, 0.3) is 5.91 Å². The van der Waals surface area contributed by atoms with Crippen molar-refractivity contribution in [3.63, 3.8) is 0 Å². The van der Waals surface area contributed by atoms with Crippen LogP contribution in [0, 0.1) is 5.41 Å². The van der Waals surface area contributed by atoms with Crippen LogP contribution in [0.15, 0.2) is 0 Å². The van der Waals surface area contributed by atoms with Gasteiger partial charge in [0.15, 0.2) is 0 Å². The van der Waals surface area contributed by atoms with Crippen LogP contribution in [-0.2, 0) is 9.53 Å². The molecule has 3 aliphatic heterocycles. The van der Waals surface area contributed by atoms with Crippen LogP contribution >= 0.6 is 0 Å². The smallest absolute Gasteiger partial charge is 0.251 e. The number of amides is 1. The Morgan fingerprint density at radius 3 is 2.89 bits per heavy atom. The fourth-order valence-electron chi connectivity index (χ4n) is 3.75. The maximum absolute atomic E-state index is 12.4. The van der Waals surface area contributed by atoms with Crippen molar-refractivity contribution >= 4 is 5.91 Å². The van der Waals surface area contributed by atoms with Crippen LogP contribution in [0.4, 0.5) is 0 Å². The summed E-state index contributed by atoms with van der Waals surface area (Å²) in [7, 11) is 0. The van der Waals surface area contributed by atoms with Crippen LogP contribution in [0.3, 0.4) is 0 Å². The largest absolute Gasteiger partial charge is 0.368 e. The molecule has 3 aliphatic rings. The first kappa shape index (κ1) is 12.4. The monoisotopic (exact) mass is 252 g/mol. The lowest BCUT2D eigenvalue weighted by Crippen LogP contribution is -2.54. The molecule has 2 atom stereocenters. The van der Waals surface area contributed by atoms with Gasteiger partial charge in [-0.15, -0.1) is 0 Å². The summed E-state index contributed by atoms with van der Waals surface area (Å²) in [6.07, 6.45) is 6.77. The molecule has 0 saturated carbocycles. The van der Waals surface area contributed by atoms with E-state index in [9.17, 15) is 4.79 Å². The average molecular weight is 252 g/mol. The molecule has 3 saturated heterocycles. The van der Waals surface area contributed by atoms with Gasteiger partial charge in [-0.05, 0) is 45.1 Å². The van der Waals surface area contributed by atoms with Gasteiger partial charge in [-0.1, -0.05) is 0 Å². The van der Waals surface area contributed by atoms with Crippen molar-refractivity contribution in [3.05, 3.63) is 0 Å². The van der Waals surface area contributed by atoms with Gasteiger partial charge in [-0.2, -0.15) is 0 Å². The van der Waals surface area contributed by atoms with E-state index in [4.69, 9.17) is 4.74 Å². The molecule has 1 N–H and O–H groups in total. The third kappa shape index (κ3) is 2.41. The van der Waals surface area contributed by atoms with Gasteiger partial charge >= 0.3 is 0 Å². The summed E-state index contributed by atoms with van der Waals surface area (Å²) in [4.78, 5) is 14.5. The van der Waals surface area contributed by atoms with Gasteiger partial charge < -0.3 is 15.0 Å². The summed E-state index contributed by atoms with van der Waals surface area (Å²) in [6.45, 7) is 4.86. The molecule has 1 spiro atoms. The number of carbonyl (C=O) groups is 1. The number of nitrogens with zero attached hydrogens (tertiary/aromatic N) is 1. The Balaban J connectivity index is 1.64. The van der Waals surface area contributed by atoms with E-state index in [0.717, 1.165) is 52.0 Å². The second-order valence-corrected chi connectivity index (χ2v) is 6.15. The summed E-state index contributed by atoms with van der Waals surface area (Å²) in [5.74, 6) is 0.247. The molecule has 0 aromatic rings. The highest BCUT2D eigenvalue weighted by atomic mass is 16.5. The quantitative estimate of drug-likeness (QED) is 0.761. The van der Waals surface area contributed by atoms with Crippen LogP contribution < -0.4 is 5.32 Å². The van der Waals surface area contributed by atoms with E-state index in [1.807, 2.05) is 0 Å². The first-order valence-corrected chi connectivity index (χ1v) is 7.40. The zero-order valence-electron chi connectivity index (χ0n) is 11.1. The van der Waals surface area contributed by atoms with Crippen LogP contribution in [0.5, 0.6) is 0 Å². The molecular weight excluding hydrogens is 228 g/mol. The third-order valence-electron chi connectivity index (χ3n) is 4.74. The molecule has 3 fully saturated rings. The normalized spacial score (nSPS) is 37.1. The molecule has 1 amide bonds. The van der Waals surface area contributed by atoms with E-state index in [0.29, 0.717) is 5.41 Å². The number of hydrogen-bond donors (Lipinski definition) is 1. The summed E-state index contributed by atoms with van der Waals surface area (Å²) >= 11 is 0. The minimum Gasteiger partial charge on any atom is -0.368 e. The molecule has 0 radical (unpaired) electrons. The van der Waals surface area contributed by atoms with Crippen LogP contribution in [-0.4, -0.2) is 49.7 Å². The number of carbonyl (C=O) groups excluding carboxylic acids is 1. The van der Waals surface area contributed by atoms with Crippen LogP contribution in [0.1, 0.15) is 38.5 Å². The van der Waals surface area contributed by atoms with Crippen LogP contribution in [0.25, 0.3) is 0 Å². The van der Waals surface area contributed by atoms with E-state index >= 15 is 0 Å². The van der Waals surface area contributed by atoms with E-state index in [-0.39, 0.29) is 12.0 Å².